The Labute approximate surface area is 163 Å². The zero-order valence-electron chi connectivity index (χ0n) is 15.9. The Bertz CT molecular complexity index is 962. The molecule has 1 fully saturated rings. The Balaban J connectivity index is 1.49. The fraction of sp³-hybridized carbons (Fsp3) is 0.381. The van der Waals surface area contributed by atoms with Crippen molar-refractivity contribution in [2.75, 3.05) is 26.2 Å². The number of para-hydroxylation sites is 1. The molecule has 0 atom stereocenters. The molecule has 1 amide bonds. The maximum atomic E-state index is 11.7. The number of primary amides is 1. The highest BCUT2D eigenvalue weighted by Gasteiger charge is 2.15. The van der Waals surface area contributed by atoms with Gasteiger partial charge in [-0.25, -0.2) is 4.98 Å². The lowest BCUT2D eigenvalue weighted by Gasteiger charge is -2.26. The molecule has 146 valence electrons. The van der Waals surface area contributed by atoms with Crippen molar-refractivity contribution < 1.29 is 9.53 Å². The Morgan fingerprint density at radius 2 is 2.07 bits per heavy atom. The summed E-state index contributed by atoms with van der Waals surface area (Å²) < 4.78 is 6.04. The second kappa shape index (κ2) is 8.39. The highest BCUT2D eigenvalue weighted by atomic mass is 16.5. The number of carbonyl (C=O) groups is 1. The largest absolute Gasteiger partial charge is 0.493 e. The summed E-state index contributed by atoms with van der Waals surface area (Å²) in [6.07, 6.45) is 8.36. The maximum absolute atomic E-state index is 11.7. The monoisotopic (exact) mass is 379 g/mol. The van der Waals surface area contributed by atoms with E-state index in [-0.39, 0.29) is 0 Å². The van der Waals surface area contributed by atoms with Gasteiger partial charge in [0.2, 0.25) is 0 Å². The zero-order valence-corrected chi connectivity index (χ0v) is 15.9. The van der Waals surface area contributed by atoms with E-state index in [9.17, 15) is 4.79 Å². The SMILES string of the molecule is NC(=O)c1cccc2[nH]c(-c3cnccc3OCCCN3CCCCC3)nc12. The van der Waals surface area contributed by atoms with Crippen LogP contribution in [0.2, 0.25) is 0 Å². The molecule has 0 radical (unpaired) electrons. The van der Waals surface area contributed by atoms with Crippen LogP contribution in [0, 0.1) is 0 Å². The normalized spacial score (nSPS) is 15.0. The van der Waals surface area contributed by atoms with Gasteiger partial charge in [-0.2, -0.15) is 0 Å². The number of hydrogen-bond donors (Lipinski definition) is 2. The minimum absolute atomic E-state index is 0.396. The van der Waals surface area contributed by atoms with Gasteiger partial charge in [0.1, 0.15) is 17.1 Å². The lowest BCUT2D eigenvalue weighted by molar-refractivity contribution is 0.100. The number of pyridine rings is 1. The van der Waals surface area contributed by atoms with E-state index in [1.807, 2.05) is 12.1 Å². The van der Waals surface area contributed by atoms with Gasteiger partial charge in [0, 0.05) is 18.9 Å². The molecule has 7 nitrogen and oxygen atoms in total. The van der Waals surface area contributed by atoms with Crippen LogP contribution in [0.4, 0.5) is 0 Å². The van der Waals surface area contributed by atoms with Crippen molar-refractivity contribution >= 4 is 16.9 Å². The summed E-state index contributed by atoms with van der Waals surface area (Å²) in [5.41, 5.74) is 7.95. The average Bonchev–Trinajstić information content (AvgIpc) is 3.16. The van der Waals surface area contributed by atoms with Crippen molar-refractivity contribution in [2.24, 2.45) is 5.73 Å². The number of hydrogen-bond acceptors (Lipinski definition) is 5. The van der Waals surface area contributed by atoms with Crippen molar-refractivity contribution in [1.29, 1.82) is 0 Å². The lowest BCUT2D eigenvalue weighted by Crippen LogP contribution is -2.31. The van der Waals surface area contributed by atoms with Gasteiger partial charge in [0.15, 0.2) is 0 Å². The number of amides is 1. The van der Waals surface area contributed by atoms with Gasteiger partial charge in [-0.05, 0) is 50.6 Å². The van der Waals surface area contributed by atoms with Crippen LogP contribution < -0.4 is 10.5 Å². The van der Waals surface area contributed by atoms with Gasteiger partial charge in [0.05, 0.1) is 23.3 Å². The first kappa shape index (κ1) is 18.4. The van der Waals surface area contributed by atoms with Gasteiger partial charge in [-0.15, -0.1) is 0 Å². The first-order valence-corrected chi connectivity index (χ1v) is 9.80. The molecule has 0 saturated carbocycles. The number of aromatic amines is 1. The number of fused-ring (bicyclic) bond motifs is 1. The van der Waals surface area contributed by atoms with E-state index in [1.165, 1.54) is 32.4 Å². The molecule has 0 spiro atoms. The minimum Gasteiger partial charge on any atom is -0.493 e. The van der Waals surface area contributed by atoms with E-state index >= 15 is 0 Å². The summed E-state index contributed by atoms with van der Waals surface area (Å²) in [5, 5.41) is 0. The first-order valence-electron chi connectivity index (χ1n) is 9.80. The summed E-state index contributed by atoms with van der Waals surface area (Å²) in [5.74, 6) is 0.847. The van der Waals surface area contributed by atoms with Crippen molar-refractivity contribution in [1.82, 2.24) is 19.9 Å². The summed E-state index contributed by atoms with van der Waals surface area (Å²) in [6, 6.07) is 7.17. The predicted octanol–water partition coefficient (Wildman–Crippen LogP) is 2.98. The van der Waals surface area contributed by atoms with Crippen LogP contribution in [0.25, 0.3) is 22.4 Å². The molecular formula is C21H25N5O2. The molecule has 0 aliphatic carbocycles. The van der Waals surface area contributed by atoms with Crippen molar-refractivity contribution in [2.45, 2.75) is 25.7 Å². The molecule has 4 rings (SSSR count). The molecular weight excluding hydrogens is 354 g/mol. The zero-order chi connectivity index (χ0) is 19.3. The number of nitrogens with one attached hydrogen (secondary N) is 1. The lowest BCUT2D eigenvalue weighted by atomic mass is 10.1. The molecule has 0 bridgehead atoms. The molecule has 3 aromatic rings. The third-order valence-electron chi connectivity index (χ3n) is 5.14. The quantitative estimate of drug-likeness (QED) is 0.615. The number of likely N-dealkylation sites (tertiary alicyclic amines) is 1. The van der Waals surface area contributed by atoms with E-state index < -0.39 is 5.91 Å². The van der Waals surface area contributed by atoms with Crippen LogP contribution in [-0.4, -0.2) is 52.0 Å². The van der Waals surface area contributed by atoms with Crippen LogP contribution in [0.5, 0.6) is 5.75 Å². The number of nitrogens with zero attached hydrogens (tertiary/aromatic N) is 3. The molecule has 1 aromatic carbocycles. The molecule has 28 heavy (non-hydrogen) atoms. The number of nitrogens with two attached hydrogens (primary N) is 1. The third-order valence-corrected chi connectivity index (χ3v) is 5.14. The van der Waals surface area contributed by atoms with Crippen LogP contribution in [0.15, 0.2) is 36.7 Å². The van der Waals surface area contributed by atoms with Gasteiger partial charge in [0.25, 0.3) is 5.91 Å². The number of aromatic nitrogens is 3. The molecule has 1 saturated heterocycles. The summed E-state index contributed by atoms with van der Waals surface area (Å²) in [6.45, 7) is 4.09. The van der Waals surface area contributed by atoms with E-state index in [4.69, 9.17) is 10.5 Å². The van der Waals surface area contributed by atoms with Crippen LogP contribution in [0.1, 0.15) is 36.0 Å². The average molecular weight is 379 g/mol. The molecule has 0 unspecified atom stereocenters. The Morgan fingerprint density at radius 1 is 1.21 bits per heavy atom. The summed E-state index contributed by atoms with van der Waals surface area (Å²) in [4.78, 5) is 26.2. The Hall–Kier alpha value is -2.93. The van der Waals surface area contributed by atoms with Crippen molar-refractivity contribution in [3.63, 3.8) is 0 Å². The number of piperidine rings is 1. The number of imidazole rings is 1. The second-order valence-corrected chi connectivity index (χ2v) is 7.13. The number of ether oxygens (including phenoxy) is 1. The third kappa shape index (κ3) is 3.99. The van der Waals surface area contributed by atoms with Gasteiger partial charge in [-0.3, -0.25) is 9.78 Å². The predicted molar refractivity (Wildman–Crippen MR) is 108 cm³/mol. The molecule has 1 aliphatic heterocycles. The van der Waals surface area contributed by atoms with Gasteiger partial charge in [-0.1, -0.05) is 12.5 Å². The first-order chi connectivity index (χ1) is 13.7. The fourth-order valence-electron chi connectivity index (χ4n) is 3.70. The molecule has 3 N–H and O–H groups in total. The molecule has 3 heterocycles. The van der Waals surface area contributed by atoms with Crippen molar-refractivity contribution in [3.8, 4) is 17.1 Å². The Kier molecular flexibility index (Phi) is 5.53. The highest BCUT2D eigenvalue weighted by molar-refractivity contribution is 6.04. The summed E-state index contributed by atoms with van der Waals surface area (Å²) >= 11 is 0. The van der Waals surface area contributed by atoms with Crippen LogP contribution in [0.3, 0.4) is 0 Å². The number of carbonyl (C=O) groups excluding carboxylic acids is 1. The number of rotatable bonds is 7. The molecule has 2 aromatic heterocycles. The highest BCUT2D eigenvalue weighted by Crippen LogP contribution is 2.29. The van der Waals surface area contributed by atoms with Gasteiger partial charge >= 0.3 is 0 Å². The smallest absolute Gasteiger partial charge is 0.250 e. The number of H-pyrrole nitrogens is 1. The topological polar surface area (TPSA) is 97.1 Å². The van der Waals surface area contributed by atoms with Crippen LogP contribution in [-0.2, 0) is 0 Å². The second-order valence-electron chi connectivity index (χ2n) is 7.13. The standard InChI is InChI=1S/C21H25N5O2/c22-20(27)15-6-4-7-17-19(15)25-21(24-17)16-14-23-9-8-18(16)28-13-5-12-26-10-2-1-3-11-26/h4,6-9,14H,1-3,5,10-13H2,(H2,22,27)(H,24,25). The summed E-state index contributed by atoms with van der Waals surface area (Å²) in [7, 11) is 0. The van der Waals surface area contributed by atoms with Crippen LogP contribution >= 0.6 is 0 Å². The minimum atomic E-state index is -0.496. The van der Waals surface area contributed by atoms with E-state index in [0.29, 0.717) is 23.5 Å². The van der Waals surface area contributed by atoms with Gasteiger partial charge < -0.3 is 20.4 Å². The molecule has 1 aliphatic rings. The van der Waals surface area contributed by atoms with Crippen molar-refractivity contribution in [3.05, 3.63) is 42.2 Å². The fourth-order valence-corrected chi connectivity index (χ4v) is 3.70. The van der Waals surface area contributed by atoms with E-state index in [2.05, 4.69) is 19.9 Å². The number of benzene rings is 1. The molecule has 7 heteroatoms. The Morgan fingerprint density at radius 3 is 2.89 bits per heavy atom. The van der Waals surface area contributed by atoms with E-state index in [0.717, 1.165) is 29.8 Å². The van der Waals surface area contributed by atoms with E-state index in [1.54, 1.807) is 24.5 Å². The maximum Gasteiger partial charge on any atom is 0.250 e.